The topological polar surface area (TPSA) is 111 Å². The van der Waals surface area contributed by atoms with Crippen molar-refractivity contribution in [1.82, 2.24) is 9.88 Å². The molecule has 0 spiro atoms. The number of carbonyl (C=O) groups excluding carboxylic acids is 1. The highest BCUT2D eigenvalue weighted by Crippen LogP contribution is 2.25. The van der Waals surface area contributed by atoms with Gasteiger partial charge in [-0.15, -0.1) is 13.2 Å². The van der Waals surface area contributed by atoms with Crippen LogP contribution in [-0.2, 0) is 17.8 Å². The van der Waals surface area contributed by atoms with Gasteiger partial charge < -0.3 is 23.7 Å². The van der Waals surface area contributed by atoms with Crippen molar-refractivity contribution in [2.24, 2.45) is 0 Å². The molecule has 9 nitrogen and oxygen atoms in total. The van der Waals surface area contributed by atoms with E-state index in [-0.39, 0.29) is 12.3 Å². The minimum atomic E-state index is -4.86. The number of amides is 1. The summed E-state index contributed by atoms with van der Waals surface area (Å²) in [6.45, 7) is 1.43. The second-order valence-corrected chi connectivity index (χ2v) is 8.77. The van der Waals surface area contributed by atoms with E-state index in [4.69, 9.17) is 13.9 Å². The van der Waals surface area contributed by atoms with Crippen molar-refractivity contribution in [2.75, 3.05) is 13.2 Å². The molecule has 0 unspecified atom stereocenters. The number of hydrogen-bond donors (Lipinski definition) is 1. The lowest BCUT2D eigenvalue weighted by molar-refractivity contribution is -0.274. The summed E-state index contributed by atoms with van der Waals surface area (Å²) in [6.07, 6.45) is -5.33. The van der Waals surface area contributed by atoms with Crippen molar-refractivity contribution < 1.29 is 46.5 Å². The summed E-state index contributed by atoms with van der Waals surface area (Å²) in [5.74, 6) is -0.0312. The van der Waals surface area contributed by atoms with E-state index in [0.717, 1.165) is 40.4 Å². The largest absolute Gasteiger partial charge is 0.573 e. The van der Waals surface area contributed by atoms with Crippen LogP contribution in [0.15, 0.2) is 83.3 Å². The minimum Gasteiger partial charge on any atom is -0.493 e. The van der Waals surface area contributed by atoms with E-state index in [1.807, 2.05) is 37.3 Å². The number of oxazole rings is 1. The monoisotopic (exact) mass is 570 g/mol. The molecule has 0 atom stereocenters. The number of benzene rings is 3. The molecule has 4 aromatic rings. The molecule has 0 radical (unpaired) electrons. The minimum absolute atomic E-state index is 0.0816. The van der Waals surface area contributed by atoms with Gasteiger partial charge >= 0.3 is 18.4 Å². The van der Waals surface area contributed by atoms with Gasteiger partial charge in [0.25, 0.3) is 0 Å². The summed E-state index contributed by atoms with van der Waals surface area (Å²) >= 11 is 0. The Labute approximate surface area is 232 Å². The molecule has 0 aliphatic carbocycles. The van der Waals surface area contributed by atoms with E-state index >= 15 is 0 Å². The van der Waals surface area contributed by atoms with Crippen molar-refractivity contribution >= 4 is 12.1 Å². The third-order valence-electron chi connectivity index (χ3n) is 5.66. The highest BCUT2D eigenvalue weighted by molar-refractivity contribution is 5.78. The Morgan fingerprint density at radius 3 is 2.20 bits per heavy atom. The lowest BCUT2D eigenvalue weighted by Gasteiger charge is -2.20. The number of rotatable bonds is 11. The van der Waals surface area contributed by atoms with E-state index in [1.54, 1.807) is 24.3 Å². The number of nitrogens with zero attached hydrogens (tertiary/aromatic N) is 2. The Balaban J connectivity index is 1.31. The van der Waals surface area contributed by atoms with Crippen LogP contribution in [0.1, 0.15) is 17.0 Å². The third-order valence-corrected chi connectivity index (χ3v) is 5.66. The second kappa shape index (κ2) is 12.9. The molecular formula is C29H25F3N2O7. The molecular weight excluding hydrogens is 545 g/mol. The van der Waals surface area contributed by atoms with Crippen LogP contribution >= 0.6 is 0 Å². The van der Waals surface area contributed by atoms with Crippen LogP contribution in [0.2, 0.25) is 0 Å². The molecule has 0 fully saturated rings. The zero-order valence-electron chi connectivity index (χ0n) is 21.8. The van der Waals surface area contributed by atoms with Gasteiger partial charge in [-0.05, 0) is 61.0 Å². The standard InChI is InChI=1S/C29H25F3N2O7/c1-19-25(33-27(39-19)21-5-3-2-4-6-21)15-16-38-22-9-7-20(8-10-22)17-34(18-26(35)36)28(37)40-23-11-13-24(14-12-23)41-29(30,31)32/h2-14H,15-18H2,1H3,(H,35,36). The van der Waals surface area contributed by atoms with Gasteiger partial charge in [0.05, 0.1) is 12.3 Å². The molecule has 1 amide bonds. The van der Waals surface area contributed by atoms with Gasteiger partial charge in [-0.25, -0.2) is 9.78 Å². The molecule has 0 bridgehead atoms. The summed E-state index contributed by atoms with van der Waals surface area (Å²) in [4.78, 5) is 29.4. The average molecular weight is 571 g/mol. The molecule has 1 N–H and O–H groups in total. The zero-order chi connectivity index (χ0) is 29.4. The van der Waals surface area contributed by atoms with Gasteiger partial charge in [-0.3, -0.25) is 9.69 Å². The van der Waals surface area contributed by atoms with Crippen molar-refractivity contribution in [2.45, 2.75) is 26.3 Å². The van der Waals surface area contributed by atoms with Gasteiger partial charge in [-0.2, -0.15) is 0 Å². The van der Waals surface area contributed by atoms with Gasteiger partial charge in [0.1, 0.15) is 29.6 Å². The lowest BCUT2D eigenvalue weighted by Crippen LogP contribution is -2.37. The first-order valence-corrected chi connectivity index (χ1v) is 12.3. The summed E-state index contributed by atoms with van der Waals surface area (Å²) in [5.41, 5.74) is 2.27. The average Bonchev–Trinajstić information content (AvgIpc) is 3.30. The Hall–Kier alpha value is -5.00. The van der Waals surface area contributed by atoms with Crippen LogP contribution < -0.4 is 14.2 Å². The first kappa shape index (κ1) is 29.0. The second-order valence-electron chi connectivity index (χ2n) is 8.77. The molecule has 3 aromatic carbocycles. The van der Waals surface area contributed by atoms with Gasteiger partial charge in [0.2, 0.25) is 5.89 Å². The van der Waals surface area contributed by atoms with Crippen molar-refractivity contribution in [3.8, 4) is 28.7 Å². The van der Waals surface area contributed by atoms with Crippen LogP contribution in [-0.4, -0.2) is 46.6 Å². The Morgan fingerprint density at radius 1 is 0.927 bits per heavy atom. The maximum atomic E-state index is 12.6. The molecule has 1 aromatic heterocycles. The number of aryl methyl sites for hydroxylation is 1. The Bertz CT molecular complexity index is 1450. The van der Waals surface area contributed by atoms with Gasteiger partial charge in [0.15, 0.2) is 0 Å². The molecule has 0 aliphatic rings. The molecule has 0 aliphatic heterocycles. The van der Waals surface area contributed by atoms with Crippen LogP contribution in [0.25, 0.3) is 11.5 Å². The molecule has 12 heteroatoms. The third kappa shape index (κ3) is 8.75. The van der Waals surface area contributed by atoms with E-state index < -0.39 is 30.7 Å². The van der Waals surface area contributed by atoms with Crippen LogP contribution in [0, 0.1) is 6.92 Å². The highest BCUT2D eigenvalue weighted by atomic mass is 19.4. The van der Waals surface area contributed by atoms with Crippen LogP contribution in [0.5, 0.6) is 17.2 Å². The van der Waals surface area contributed by atoms with Gasteiger partial charge in [0, 0.05) is 18.5 Å². The SMILES string of the molecule is Cc1oc(-c2ccccc2)nc1CCOc1ccc(CN(CC(=O)O)C(=O)Oc2ccc(OC(F)(F)F)cc2)cc1. The fourth-order valence-electron chi connectivity index (χ4n) is 3.76. The highest BCUT2D eigenvalue weighted by Gasteiger charge is 2.31. The normalized spacial score (nSPS) is 11.1. The molecule has 4 rings (SSSR count). The number of ether oxygens (including phenoxy) is 3. The first-order valence-electron chi connectivity index (χ1n) is 12.3. The number of hydrogen-bond acceptors (Lipinski definition) is 7. The zero-order valence-corrected chi connectivity index (χ0v) is 21.8. The fourth-order valence-corrected chi connectivity index (χ4v) is 3.76. The summed E-state index contributed by atoms with van der Waals surface area (Å²) in [6, 6.07) is 20.4. The Morgan fingerprint density at radius 2 is 1.56 bits per heavy atom. The van der Waals surface area contributed by atoms with Crippen LogP contribution in [0.4, 0.5) is 18.0 Å². The number of aliphatic carboxylic acids is 1. The predicted octanol–water partition coefficient (Wildman–Crippen LogP) is 6.26. The van der Waals surface area contributed by atoms with Crippen molar-refractivity contribution in [1.29, 1.82) is 0 Å². The van der Waals surface area contributed by atoms with E-state index in [0.29, 0.717) is 36.0 Å². The number of carboxylic acids is 1. The molecule has 214 valence electrons. The maximum Gasteiger partial charge on any atom is 0.573 e. The summed E-state index contributed by atoms with van der Waals surface area (Å²) in [7, 11) is 0. The Kier molecular flexibility index (Phi) is 9.12. The van der Waals surface area contributed by atoms with Gasteiger partial charge in [-0.1, -0.05) is 30.3 Å². The molecule has 41 heavy (non-hydrogen) atoms. The van der Waals surface area contributed by atoms with E-state index in [1.165, 1.54) is 0 Å². The maximum absolute atomic E-state index is 12.6. The molecule has 0 saturated carbocycles. The fraction of sp³-hybridized carbons (Fsp3) is 0.207. The summed E-state index contributed by atoms with van der Waals surface area (Å²) in [5, 5.41) is 9.24. The summed E-state index contributed by atoms with van der Waals surface area (Å²) < 4.78 is 57.5. The number of carbonyl (C=O) groups is 2. The predicted molar refractivity (Wildman–Crippen MR) is 140 cm³/mol. The van der Waals surface area contributed by atoms with Crippen molar-refractivity contribution in [3.63, 3.8) is 0 Å². The number of aromatic nitrogens is 1. The molecule has 1 heterocycles. The number of halogens is 3. The van der Waals surface area contributed by atoms with Crippen molar-refractivity contribution in [3.05, 3.63) is 95.9 Å². The smallest absolute Gasteiger partial charge is 0.493 e. The first-order chi connectivity index (χ1) is 19.6. The molecule has 0 saturated heterocycles. The lowest BCUT2D eigenvalue weighted by atomic mass is 10.2. The number of alkyl halides is 3. The quantitative estimate of drug-likeness (QED) is 0.225. The van der Waals surface area contributed by atoms with E-state index in [9.17, 15) is 27.9 Å². The van der Waals surface area contributed by atoms with Crippen LogP contribution in [0.3, 0.4) is 0 Å². The van der Waals surface area contributed by atoms with E-state index in [2.05, 4.69) is 9.72 Å². The number of carboxylic acid groups (broad SMARTS) is 1.